The summed E-state index contributed by atoms with van der Waals surface area (Å²) in [5.74, 6) is -1.46. The molecule has 5 nitrogen and oxygen atoms in total. The van der Waals surface area contributed by atoms with E-state index in [4.69, 9.17) is 4.74 Å². The maximum atomic E-state index is 13.9. The third kappa shape index (κ3) is 3.15. The van der Waals surface area contributed by atoms with E-state index >= 15 is 0 Å². The SMILES string of the molecule is COc1ccc(Cn2c(C)c(CC(=O)O)c3cc(O)c(F)cc32)cc1. The lowest BCUT2D eigenvalue weighted by atomic mass is 10.1. The maximum absolute atomic E-state index is 13.9. The van der Waals surface area contributed by atoms with Crippen LogP contribution in [0.25, 0.3) is 10.9 Å². The van der Waals surface area contributed by atoms with E-state index in [1.807, 2.05) is 28.8 Å². The van der Waals surface area contributed by atoms with Gasteiger partial charge in [-0.25, -0.2) is 4.39 Å². The molecular weight excluding hydrogens is 325 g/mol. The highest BCUT2D eigenvalue weighted by atomic mass is 19.1. The largest absolute Gasteiger partial charge is 0.505 e. The second-order valence-corrected chi connectivity index (χ2v) is 5.89. The zero-order chi connectivity index (χ0) is 18.1. The van der Waals surface area contributed by atoms with Gasteiger partial charge in [0.15, 0.2) is 11.6 Å². The Morgan fingerprint density at radius 2 is 1.92 bits per heavy atom. The number of carbonyl (C=O) groups is 1. The summed E-state index contributed by atoms with van der Waals surface area (Å²) in [4.78, 5) is 11.2. The molecule has 130 valence electrons. The van der Waals surface area contributed by atoms with Gasteiger partial charge in [0.2, 0.25) is 0 Å². The molecule has 0 amide bonds. The molecule has 3 rings (SSSR count). The lowest BCUT2D eigenvalue weighted by molar-refractivity contribution is -0.136. The Bertz CT molecular complexity index is 944. The molecule has 0 saturated heterocycles. The minimum atomic E-state index is -0.976. The van der Waals surface area contributed by atoms with Gasteiger partial charge in [0.05, 0.1) is 19.0 Å². The number of carboxylic acids is 1. The molecule has 0 fully saturated rings. The van der Waals surface area contributed by atoms with Gasteiger partial charge in [-0.3, -0.25) is 4.79 Å². The summed E-state index contributed by atoms with van der Waals surface area (Å²) in [6, 6.07) is 10.0. The van der Waals surface area contributed by atoms with Crippen molar-refractivity contribution in [3.05, 3.63) is 59.0 Å². The summed E-state index contributed by atoms with van der Waals surface area (Å²) in [5, 5.41) is 19.4. The monoisotopic (exact) mass is 343 g/mol. The Labute approximate surface area is 143 Å². The van der Waals surface area contributed by atoms with Crippen LogP contribution in [0.3, 0.4) is 0 Å². The Hall–Kier alpha value is -3.02. The van der Waals surface area contributed by atoms with Crippen molar-refractivity contribution < 1.29 is 24.1 Å². The first-order valence-electron chi connectivity index (χ1n) is 7.75. The van der Waals surface area contributed by atoms with Crippen LogP contribution in [0.2, 0.25) is 0 Å². The first-order chi connectivity index (χ1) is 11.9. The molecular formula is C19H18FNO4. The summed E-state index contributed by atoms with van der Waals surface area (Å²) in [7, 11) is 1.59. The van der Waals surface area contributed by atoms with Crippen LogP contribution in [0.5, 0.6) is 11.5 Å². The Morgan fingerprint density at radius 1 is 1.24 bits per heavy atom. The molecule has 0 aliphatic rings. The standard InChI is InChI=1S/C19H18FNO4/c1-11-14(8-19(23)24)15-7-18(22)16(20)9-17(15)21(11)10-12-3-5-13(25-2)6-4-12/h3-7,9,22H,8,10H2,1-2H3,(H,23,24). The summed E-state index contributed by atoms with van der Waals surface area (Å²) >= 11 is 0. The zero-order valence-electron chi connectivity index (χ0n) is 13.9. The van der Waals surface area contributed by atoms with Gasteiger partial charge in [-0.1, -0.05) is 12.1 Å². The predicted molar refractivity (Wildman–Crippen MR) is 91.7 cm³/mol. The molecule has 6 heteroatoms. The fourth-order valence-corrected chi connectivity index (χ4v) is 3.05. The van der Waals surface area contributed by atoms with Crippen molar-refractivity contribution in [3.63, 3.8) is 0 Å². The van der Waals surface area contributed by atoms with Crippen molar-refractivity contribution in [2.45, 2.75) is 19.9 Å². The van der Waals surface area contributed by atoms with Gasteiger partial charge in [-0.05, 0) is 36.2 Å². The molecule has 1 aromatic heterocycles. The minimum Gasteiger partial charge on any atom is -0.505 e. The van der Waals surface area contributed by atoms with Crippen LogP contribution in [-0.2, 0) is 17.8 Å². The number of phenols is 1. The highest BCUT2D eigenvalue weighted by molar-refractivity contribution is 5.90. The van der Waals surface area contributed by atoms with Crippen molar-refractivity contribution in [1.82, 2.24) is 4.57 Å². The Morgan fingerprint density at radius 3 is 2.52 bits per heavy atom. The average molecular weight is 343 g/mol. The topological polar surface area (TPSA) is 71.7 Å². The first kappa shape index (κ1) is 16.8. The van der Waals surface area contributed by atoms with Crippen LogP contribution in [0, 0.1) is 12.7 Å². The van der Waals surface area contributed by atoms with E-state index in [-0.39, 0.29) is 6.42 Å². The summed E-state index contributed by atoms with van der Waals surface area (Å²) in [6.07, 6.45) is -0.191. The second-order valence-electron chi connectivity index (χ2n) is 5.89. The molecule has 0 radical (unpaired) electrons. The molecule has 0 bridgehead atoms. The van der Waals surface area contributed by atoms with Crippen molar-refractivity contribution in [2.24, 2.45) is 0 Å². The summed E-state index contributed by atoms with van der Waals surface area (Å²) < 4.78 is 20.9. The van der Waals surface area contributed by atoms with E-state index in [2.05, 4.69) is 0 Å². The maximum Gasteiger partial charge on any atom is 0.307 e. The van der Waals surface area contributed by atoms with Crippen LogP contribution in [-0.4, -0.2) is 27.9 Å². The average Bonchev–Trinajstić information content (AvgIpc) is 2.81. The number of methoxy groups -OCH3 is 1. The zero-order valence-corrected chi connectivity index (χ0v) is 13.9. The Balaban J connectivity index is 2.13. The molecule has 2 N–H and O–H groups in total. The normalized spacial score (nSPS) is 11.0. The van der Waals surface area contributed by atoms with Gasteiger partial charge in [0.25, 0.3) is 0 Å². The molecule has 0 atom stereocenters. The van der Waals surface area contributed by atoms with E-state index in [1.54, 1.807) is 14.0 Å². The van der Waals surface area contributed by atoms with Gasteiger partial charge < -0.3 is 19.5 Å². The molecule has 0 unspecified atom stereocenters. The molecule has 2 aromatic carbocycles. The number of hydrogen-bond donors (Lipinski definition) is 2. The third-order valence-corrected chi connectivity index (χ3v) is 4.35. The smallest absolute Gasteiger partial charge is 0.307 e. The third-order valence-electron chi connectivity index (χ3n) is 4.35. The molecule has 3 aromatic rings. The van der Waals surface area contributed by atoms with Gasteiger partial charge >= 0.3 is 5.97 Å². The van der Waals surface area contributed by atoms with E-state index in [1.165, 1.54) is 12.1 Å². The number of carboxylic acid groups (broad SMARTS) is 1. The number of nitrogens with zero attached hydrogens (tertiary/aromatic N) is 1. The van der Waals surface area contributed by atoms with E-state index in [0.29, 0.717) is 23.0 Å². The number of rotatable bonds is 5. The molecule has 0 spiro atoms. The van der Waals surface area contributed by atoms with E-state index in [9.17, 15) is 19.4 Å². The lowest BCUT2D eigenvalue weighted by Gasteiger charge is -2.10. The van der Waals surface area contributed by atoms with Crippen molar-refractivity contribution >= 4 is 16.9 Å². The predicted octanol–water partition coefficient (Wildman–Crippen LogP) is 3.48. The summed E-state index contributed by atoms with van der Waals surface area (Å²) in [6.45, 7) is 2.26. The molecule has 1 heterocycles. The highest BCUT2D eigenvalue weighted by Crippen LogP contribution is 2.32. The number of aromatic hydroxyl groups is 1. The number of aromatic nitrogens is 1. The quantitative estimate of drug-likeness (QED) is 0.744. The number of phenolic OH excluding ortho intramolecular Hbond substituents is 1. The van der Waals surface area contributed by atoms with Gasteiger partial charge in [0.1, 0.15) is 5.75 Å². The minimum absolute atomic E-state index is 0.191. The van der Waals surface area contributed by atoms with Crippen LogP contribution in [0.1, 0.15) is 16.8 Å². The van der Waals surface area contributed by atoms with Gasteiger partial charge in [-0.2, -0.15) is 0 Å². The van der Waals surface area contributed by atoms with Crippen LogP contribution in [0.4, 0.5) is 4.39 Å². The fraction of sp³-hybridized carbons (Fsp3) is 0.211. The fourth-order valence-electron chi connectivity index (χ4n) is 3.05. The van der Waals surface area contributed by atoms with E-state index < -0.39 is 17.5 Å². The van der Waals surface area contributed by atoms with Crippen LogP contribution < -0.4 is 4.74 Å². The van der Waals surface area contributed by atoms with Crippen LogP contribution >= 0.6 is 0 Å². The number of halogens is 1. The number of fused-ring (bicyclic) bond motifs is 1. The van der Waals surface area contributed by atoms with Crippen molar-refractivity contribution in [3.8, 4) is 11.5 Å². The second kappa shape index (κ2) is 6.47. The van der Waals surface area contributed by atoms with Gasteiger partial charge in [-0.15, -0.1) is 0 Å². The first-order valence-corrected chi connectivity index (χ1v) is 7.75. The molecule has 0 aliphatic heterocycles. The molecule has 25 heavy (non-hydrogen) atoms. The van der Waals surface area contributed by atoms with E-state index in [0.717, 1.165) is 17.0 Å². The number of ether oxygens (including phenoxy) is 1. The summed E-state index contributed by atoms with van der Waals surface area (Å²) in [5.41, 5.74) is 2.83. The highest BCUT2D eigenvalue weighted by Gasteiger charge is 2.19. The molecule has 0 aliphatic carbocycles. The van der Waals surface area contributed by atoms with Crippen molar-refractivity contribution in [2.75, 3.05) is 7.11 Å². The lowest BCUT2D eigenvalue weighted by Crippen LogP contribution is -2.05. The number of aliphatic carboxylic acids is 1. The number of hydrogen-bond acceptors (Lipinski definition) is 3. The van der Waals surface area contributed by atoms with Crippen LogP contribution in [0.15, 0.2) is 36.4 Å². The van der Waals surface area contributed by atoms with Gasteiger partial charge in [0, 0.05) is 23.7 Å². The molecule has 0 saturated carbocycles. The Kier molecular flexibility index (Phi) is 4.35. The van der Waals surface area contributed by atoms with Crippen molar-refractivity contribution in [1.29, 1.82) is 0 Å². The number of benzene rings is 2.